The molecule has 17 heavy (non-hydrogen) atoms. The Kier molecular flexibility index (Phi) is 3.19. The van der Waals surface area contributed by atoms with E-state index in [9.17, 15) is 0 Å². The van der Waals surface area contributed by atoms with E-state index in [4.69, 9.17) is 5.73 Å². The van der Waals surface area contributed by atoms with E-state index in [1.54, 1.807) is 0 Å². The quantitative estimate of drug-likeness (QED) is 0.842. The minimum Gasteiger partial charge on any atom is -0.330 e. The van der Waals surface area contributed by atoms with Gasteiger partial charge in [0.1, 0.15) is 0 Å². The smallest absolute Gasteiger partial charge is 0.00429 e. The summed E-state index contributed by atoms with van der Waals surface area (Å²) in [6.07, 6.45) is 7.10. The zero-order valence-corrected chi connectivity index (χ0v) is 10.5. The van der Waals surface area contributed by atoms with Gasteiger partial charge in [0.25, 0.3) is 0 Å². The number of hydrogen-bond acceptors (Lipinski definition) is 1. The third-order valence-corrected chi connectivity index (χ3v) is 5.04. The monoisotopic (exact) mass is 229 g/mol. The molecule has 0 spiro atoms. The molecule has 2 bridgehead atoms. The van der Waals surface area contributed by atoms with E-state index in [0.29, 0.717) is 5.92 Å². The molecule has 1 heteroatoms. The van der Waals surface area contributed by atoms with Crippen molar-refractivity contribution in [3.63, 3.8) is 0 Å². The Morgan fingerprint density at radius 1 is 1.12 bits per heavy atom. The van der Waals surface area contributed by atoms with Crippen LogP contribution in [-0.2, 0) is 6.42 Å². The largest absolute Gasteiger partial charge is 0.330 e. The number of nitrogens with two attached hydrogens (primary N) is 1. The van der Waals surface area contributed by atoms with E-state index in [0.717, 1.165) is 24.3 Å². The Labute approximate surface area is 104 Å². The summed E-state index contributed by atoms with van der Waals surface area (Å²) < 4.78 is 0. The Morgan fingerprint density at radius 3 is 2.53 bits per heavy atom. The molecular formula is C16H23N. The fourth-order valence-corrected chi connectivity index (χ4v) is 4.20. The van der Waals surface area contributed by atoms with Crippen molar-refractivity contribution in [1.29, 1.82) is 0 Å². The van der Waals surface area contributed by atoms with Gasteiger partial charge in [0.15, 0.2) is 0 Å². The van der Waals surface area contributed by atoms with Gasteiger partial charge in [-0.1, -0.05) is 36.8 Å². The average Bonchev–Trinajstić information content (AvgIpc) is 2.99. The summed E-state index contributed by atoms with van der Waals surface area (Å²) in [6, 6.07) is 10.9. The molecule has 2 N–H and O–H groups in total. The van der Waals surface area contributed by atoms with E-state index in [-0.39, 0.29) is 0 Å². The van der Waals surface area contributed by atoms with Crippen molar-refractivity contribution in [2.75, 3.05) is 6.54 Å². The highest BCUT2D eigenvalue weighted by molar-refractivity contribution is 5.16. The molecule has 1 nitrogen and oxygen atoms in total. The molecule has 3 rings (SSSR count). The van der Waals surface area contributed by atoms with Crippen LogP contribution in [0.1, 0.15) is 31.2 Å². The third kappa shape index (κ3) is 2.26. The second-order valence-corrected chi connectivity index (χ2v) is 6.02. The lowest BCUT2D eigenvalue weighted by molar-refractivity contribution is 0.230. The number of fused-ring (bicyclic) bond motifs is 2. The normalized spacial score (nSPS) is 32.9. The van der Waals surface area contributed by atoms with Crippen LogP contribution in [-0.4, -0.2) is 6.54 Å². The van der Waals surface area contributed by atoms with Crippen molar-refractivity contribution in [3.8, 4) is 0 Å². The summed E-state index contributed by atoms with van der Waals surface area (Å²) in [5.74, 6) is 3.67. The average molecular weight is 229 g/mol. The summed E-state index contributed by atoms with van der Waals surface area (Å²) >= 11 is 0. The van der Waals surface area contributed by atoms with Crippen molar-refractivity contribution in [3.05, 3.63) is 35.9 Å². The Hall–Kier alpha value is -0.820. The molecule has 0 saturated heterocycles. The molecule has 0 heterocycles. The zero-order chi connectivity index (χ0) is 11.7. The summed E-state index contributed by atoms with van der Waals surface area (Å²) in [4.78, 5) is 0. The predicted molar refractivity (Wildman–Crippen MR) is 71.6 cm³/mol. The minimum atomic E-state index is 0.715. The van der Waals surface area contributed by atoms with E-state index in [1.807, 2.05) is 0 Å². The van der Waals surface area contributed by atoms with Gasteiger partial charge >= 0.3 is 0 Å². The maximum Gasteiger partial charge on any atom is -0.00429 e. The summed E-state index contributed by atoms with van der Waals surface area (Å²) in [5, 5.41) is 0. The standard InChI is InChI=1S/C16H23N/c17-11-15(8-12-4-2-1-3-5-12)16-10-13-6-7-14(16)9-13/h1-5,13-16H,6-11,17H2. The molecule has 92 valence electrons. The van der Waals surface area contributed by atoms with Gasteiger partial charge in [0, 0.05) is 0 Å². The van der Waals surface area contributed by atoms with Crippen LogP contribution in [0.15, 0.2) is 30.3 Å². The van der Waals surface area contributed by atoms with Gasteiger partial charge in [-0.2, -0.15) is 0 Å². The molecular weight excluding hydrogens is 206 g/mol. The van der Waals surface area contributed by atoms with Crippen molar-refractivity contribution in [2.24, 2.45) is 29.4 Å². The molecule has 0 radical (unpaired) electrons. The van der Waals surface area contributed by atoms with Crippen LogP contribution in [0.25, 0.3) is 0 Å². The summed E-state index contributed by atoms with van der Waals surface area (Å²) in [5.41, 5.74) is 7.50. The molecule has 2 saturated carbocycles. The Bertz CT molecular complexity index is 359. The minimum absolute atomic E-state index is 0.715. The maximum absolute atomic E-state index is 6.03. The van der Waals surface area contributed by atoms with E-state index in [1.165, 1.54) is 37.7 Å². The lowest BCUT2D eigenvalue weighted by Gasteiger charge is -2.29. The van der Waals surface area contributed by atoms with Crippen molar-refractivity contribution in [2.45, 2.75) is 32.1 Å². The molecule has 4 atom stereocenters. The van der Waals surface area contributed by atoms with Crippen LogP contribution >= 0.6 is 0 Å². The third-order valence-electron chi connectivity index (χ3n) is 5.04. The highest BCUT2D eigenvalue weighted by Crippen LogP contribution is 2.51. The molecule has 2 fully saturated rings. The first kappa shape index (κ1) is 11.3. The maximum atomic E-state index is 6.03. The zero-order valence-electron chi connectivity index (χ0n) is 10.5. The highest BCUT2D eigenvalue weighted by atomic mass is 14.6. The SMILES string of the molecule is NCC(Cc1ccccc1)C1CC2CCC1C2. The molecule has 1 aromatic carbocycles. The first-order chi connectivity index (χ1) is 8.36. The van der Waals surface area contributed by atoms with Crippen LogP contribution in [0.2, 0.25) is 0 Å². The van der Waals surface area contributed by atoms with E-state index < -0.39 is 0 Å². The number of rotatable bonds is 4. The molecule has 0 aromatic heterocycles. The first-order valence-electron chi connectivity index (χ1n) is 7.11. The molecule has 4 unspecified atom stereocenters. The summed E-state index contributed by atoms with van der Waals surface area (Å²) in [6.45, 7) is 0.864. The fourth-order valence-electron chi connectivity index (χ4n) is 4.20. The lowest BCUT2D eigenvalue weighted by atomic mass is 9.77. The molecule has 2 aliphatic rings. The second kappa shape index (κ2) is 4.81. The van der Waals surface area contributed by atoms with Crippen LogP contribution in [0.4, 0.5) is 0 Å². The number of hydrogen-bond donors (Lipinski definition) is 1. The van der Waals surface area contributed by atoms with E-state index >= 15 is 0 Å². The van der Waals surface area contributed by atoms with E-state index in [2.05, 4.69) is 30.3 Å². The van der Waals surface area contributed by atoms with Gasteiger partial charge < -0.3 is 5.73 Å². The topological polar surface area (TPSA) is 26.0 Å². The predicted octanol–water partition coefficient (Wildman–Crippen LogP) is 3.24. The van der Waals surface area contributed by atoms with Gasteiger partial charge in [-0.25, -0.2) is 0 Å². The van der Waals surface area contributed by atoms with Gasteiger partial charge in [-0.05, 0) is 61.5 Å². The van der Waals surface area contributed by atoms with Crippen molar-refractivity contribution in [1.82, 2.24) is 0 Å². The van der Waals surface area contributed by atoms with Crippen LogP contribution in [0.3, 0.4) is 0 Å². The molecule has 0 amide bonds. The van der Waals surface area contributed by atoms with Crippen LogP contribution in [0.5, 0.6) is 0 Å². The van der Waals surface area contributed by atoms with Crippen LogP contribution in [0, 0.1) is 23.7 Å². The van der Waals surface area contributed by atoms with Crippen LogP contribution < -0.4 is 5.73 Å². The van der Waals surface area contributed by atoms with Crippen molar-refractivity contribution < 1.29 is 0 Å². The first-order valence-corrected chi connectivity index (χ1v) is 7.11. The second-order valence-electron chi connectivity index (χ2n) is 6.02. The molecule has 2 aliphatic carbocycles. The van der Waals surface area contributed by atoms with Gasteiger partial charge in [-0.3, -0.25) is 0 Å². The number of benzene rings is 1. The van der Waals surface area contributed by atoms with Gasteiger partial charge in [0.05, 0.1) is 0 Å². The molecule has 0 aliphatic heterocycles. The fraction of sp³-hybridized carbons (Fsp3) is 0.625. The van der Waals surface area contributed by atoms with Crippen molar-refractivity contribution >= 4 is 0 Å². The highest BCUT2D eigenvalue weighted by Gasteiger charge is 2.42. The Balaban J connectivity index is 1.68. The lowest BCUT2D eigenvalue weighted by Crippen LogP contribution is -2.29. The summed E-state index contributed by atoms with van der Waals surface area (Å²) in [7, 11) is 0. The molecule has 1 aromatic rings. The Morgan fingerprint density at radius 2 is 1.94 bits per heavy atom. The van der Waals surface area contributed by atoms with Gasteiger partial charge in [-0.15, -0.1) is 0 Å². The van der Waals surface area contributed by atoms with Gasteiger partial charge in [0.2, 0.25) is 0 Å².